The molecule has 0 aliphatic carbocycles. The maximum atomic E-state index is 8.52. The van der Waals surface area contributed by atoms with E-state index in [4.69, 9.17) is 10.2 Å². The molecule has 22 heavy (non-hydrogen) atoms. The third-order valence-electron chi connectivity index (χ3n) is 3.83. The molecule has 2 N–H and O–H groups in total. The van der Waals surface area contributed by atoms with Gasteiger partial charge in [-0.05, 0) is 12.8 Å². The third kappa shape index (κ3) is 18.8. The molecule has 0 radical (unpaired) electrons. The highest BCUT2D eigenvalue weighted by atomic mass is 16.5. The highest BCUT2D eigenvalue weighted by molar-refractivity contribution is 5.10. The van der Waals surface area contributed by atoms with Gasteiger partial charge in [0.2, 0.25) is 0 Å². The van der Waals surface area contributed by atoms with Crippen LogP contribution >= 0.6 is 0 Å². The Bertz CT molecular complexity index is 299. The molecule has 2 nitrogen and oxygen atoms in total. The number of rotatable bonds is 15. The standard InChI is InChI=1S/C20H36O2/c1-2-3-4-5-6-7-8-9-10-11-12-13-14-15-16-17-18-19-20(21)22/h15-19,21-22H,2-14H2,1H3. The molecule has 0 saturated heterocycles. The molecule has 0 amide bonds. The van der Waals surface area contributed by atoms with Gasteiger partial charge >= 0.3 is 0 Å². The van der Waals surface area contributed by atoms with Crippen LogP contribution in [0.2, 0.25) is 0 Å². The Hall–Kier alpha value is -1.18. The topological polar surface area (TPSA) is 40.5 Å². The van der Waals surface area contributed by atoms with Crippen molar-refractivity contribution in [2.24, 2.45) is 0 Å². The average molecular weight is 309 g/mol. The smallest absolute Gasteiger partial charge is 0.274 e. The summed E-state index contributed by atoms with van der Waals surface area (Å²) in [5.41, 5.74) is 0. The molecule has 0 aliphatic heterocycles. The summed E-state index contributed by atoms with van der Waals surface area (Å²) in [7, 11) is 0. The van der Waals surface area contributed by atoms with Gasteiger partial charge in [-0.3, -0.25) is 0 Å². The van der Waals surface area contributed by atoms with E-state index < -0.39 is 5.95 Å². The fourth-order valence-corrected chi connectivity index (χ4v) is 2.48. The van der Waals surface area contributed by atoms with Gasteiger partial charge in [-0.25, -0.2) is 0 Å². The lowest BCUT2D eigenvalue weighted by Gasteiger charge is -2.02. The van der Waals surface area contributed by atoms with Gasteiger partial charge in [-0.2, -0.15) is 0 Å². The molecule has 0 atom stereocenters. The SMILES string of the molecule is CCCCCCCCCCCCCCC=CC=CC=C(O)O. The van der Waals surface area contributed by atoms with Crippen molar-refractivity contribution in [3.63, 3.8) is 0 Å². The first-order valence-electron chi connectivity index (χ1n) is 9.18. The van der Waals surface area contributed by atoms with Crippen molar-refractivity contribution in [3.05, 3.63) is 36.3 Å². The van der Waals surface area contributed by atoms with Gasteiger partial charge in [0.1, 0.15) is 0 Å². The first-order chi connectivity index (χ1) is 10.8. The van der Waals surface area contributed by atoms with Crippen LogP contribution in [0.3, 0.4) is 0 Å². The van der Waals surface area contributed by atoms with E-state index in [1.54, 1.807) is 6.08 Å². The zero-order valence-corrected chi connectivity index (χ0v) is 14.5. The van der Waals surface area contributed by atoms with Crippen molar-refractivity contribution in [2.45, 2.75) is 90.4 Å². The number of hydrogen-bond donors (Lipinski definition) is 2. The third-order valence-corrected chi connectivity index (χ3v) is 3.83. The van der Waals surface area contributed by atoms with Crippen LogP contribution in [0.15, 0.2) is 36.3 Å². The quantitative estimate of drug-likeness (QED) is 0.191. The first-order valence-corrected chi connectivity index (χ1v) is 9.18. The summed E-state index contributed by atoms with van der Waals surface area (Å²) in [6, 6.07) is 0. The summed E-state index contributed by atoms with van der Waals surface area (Å²) in [5, 5.41) is 17.0. The predicted molar refractivity (Wildman–Crippen MR) is 97.3 cm³/mol. The molecule has 0 spiro atoms. The zero-order chi connectivity index (χ0) is 16.3. The van der Waals surface area contributed by atoms with Crippen LogP contribution < -0.4 is 0 Å². The second kappa shape index (κ2) is 17.9. The van der Waals surface area contributed by atoms with E-state index in [0.717, 1.165) is 6.42 Å². The summed E-state index contributed by atoms with van der Waals surface area (Å²) >= 11 is 0. The van der Waals surface area contributed by atoms with Crippen LogP contribution in [0, 0.1) is 0 Å². The molecule has 0 aromatic carbocycles. The van der Waals surface area contributed by atoms with Crippen LogP contribution in [0.1, 0.15) is 90.4 Å². The number of aliphatic hydroxyl groups excluding tert-OH is 1. The second-order valence-corrected chi connectivity index (χ2v) is 6.02. The normalized spacial score (nSPS) is 11.5. The fourth-order valence-electron chi connectivity index (χ4n) is 2.48. The predicted octanol–water partition coefficient (Wildman–Crippen LogP) is 7.15. The van der Waals surface area contributed by atoms with Crippen LogP contribution in [0.25, 0.3) is 0 Å². The van der Waals surface area contributed by atoms with Crippen LogP contribution in [0.4, 0.5) is 0 Å². The van der Waals surface area contributed by atoms with E-state index in [9.17, 15) is 0 Å². The average Bonchev–Trinajstić information content (AvgIpc) is 2.50. The molecular formula is C20H36O2. The maximum absolute atomic E-state index is 8.52. The molecule has 0 fully saturated rings. The van der Waals surface area contributed by atoms with Crippen molar-refractivity contribution in [2.75, 3.05) is 0 Å². The van der Waals surface area contributed by atoms with Gasteiger partial charge in [0.15, 0.2) is 0 Å². The Labute approximate surface area is 137 Å². The summed E-state index contributed by atoms with van der Waals surface area (Å²) in [6.07, 6.45) is 26.5. The van der Waals surface area contributed by atoms with Crippen molar-refractivity contribution in [3.8, 4) is 0 Å². The zero-order valence-electron chi connectivity index (χ0n) is 14.5. The van der Waals surface area contributed by atoms with Gasteiger partial charge in [0.25, 0.3) is 5.95 Å². The Kier molecular flexibility index (Phi) is 16.9. The minimum absolute atomic E-state index is 0.648. The lowest BCUT2D eigenvalue weighted by Crippen LogP contribution is -1.82. The fraction of sp³-hybridized carbons (Fsp3) is 0.700. The van der Waals surface area contributed by atoms with Gasteiger partial charge < -0.3 is 10.2 Å². The molecule has 2 heteroatoms. The molecule has 0 heterocycles. The van der Waals surface area contributed by atoms with Gasteiger partial charge in [-0.1, -0.05) is 102 Å². The number of hydrogen-bond acceptors (Lipinski definition) is 2. The number of aliphatic hydroxyl groups is 2. The molecule has 0 saturated carbocycles. The van der Waals surface area contributed by atoms with E-state index >= 15 is 0 Å². The minimum Gasteiger partial charge on any atom is -0.481 e. The highest BCUT2D eigenvalue weighted by Crippen LogP contribution is 2.12. The second-order valence-electron chi connectivity index (χ2n) is 6.02. The largest absolute Gasteiger partial charge is 0.481 e. The van der Waals surface area contributed by atoms with Crippen molar-refractivity contribution in [1.29, 1.82) is 0 Å². The minimum atomic E-state index is -0.648. The molecule has 128 valence electrons. The molecule has 0 aromatic heterocycles. The Morgan fingerprint density at radius 3 is 1.64 bits per heavy atom. The van der Waals surface area contributed by atoms with E-state index in [2.05, 4.69) is 13.0 Å². The highest BCUT2D eigenvalue weighted by Gasteiger charge is 1.92. The molecule has 0 bridgehead atoms. The summed E-state index contributed by atoms with van der Waals surface area (Å²) in [5.74, 6) is -0.648. The maximum Gasteiger partial charge on any atom is 0.274 e. The lowest BCUT2D eigenvalue weighted by atomic mass is 10.0. The number of unbranched alkanes of at least 4 members (excludes halogenated alkanes) is 12. The van der Waals surface area contributed by atoms with E-state index in [0.29, 0.717) is 0 Å². The van der Waals surface area contributed by atoms with Gasteiger partial charge in [-0.15, -0.1) is 0 Å². The molecule has 0 rings (SSSR count). The van der Waals surface area contributed by atoms with Crippen LogP contribution in [-0.4, -0.2) is 10.2 Å². The van der Waals surface area contributed by atoms with E-state index in [1.807, 2.05) is 12.2 Å². The Balaban J connectivity index is 3.16. The summed E-state index contributed by atoms with van der Waals surface area (Å²) in [4.78, 5) is 0. The van der Waals surface area contributed by atoms with Gasteiger partial charge in [0, 0.05) is 6.08 Å². The Morgan fingerprint density at radius 2 is 1.14 bits per heavy atom. The Morgan fingerprint density at radius 1 is 0.636 bits per heavy atom. The lowest BCUT2D eigenvalue weighted by molar-refractivity contribution is 0.191. The summed E-state index contributed by atoms with van der Waals surface area (Å²) in [6.45, 7) is 2.27. The van der Waals surface area contributed by atoms with Crippen molar-refractivity contribution in [1.82, 2.24) is 0 Å². The summed E-state index contributed by atoms with van der Waals surface area (Å²) < 4.78 is 0. The first kappa shape index (κ1) is 20.8. The molecule has 0 unspecified atom stereocenters. The molecule has 0 aromatic rings. The van der Waals surface area contributed by atoms with E-state index in [1.165, 1.54) is 83.1 Å². The van der Waals surface area contributed by atoms with Crippen molar-refractivity contribution >= 4 is 0 Å². The van der Waals surface area contributed by atoms with E-state index in [-0.39, 0.29) is 0 Å². The van der Waals surface area contributed by atoms with Crippen LogP contribution in [0.5, 0.6) is 0 Å². The molecule has 0 aliphatic rings. The monoisotopic (exact) mass is 308 g/mol. The molecular weight excluding hydrogens is 272 g/mol. The van der Waals surface area contributed by atoms with Crippen LogP contribution in [-0.2, 0) is 0 Å². The number of allylic oxidation sites excluding steroid dienone is 5. The van der Waals surface area contributed by atoms with Crippen molar-refractivity contribution < 1.29 is 10.2 Å². The van der Waals surface area contributed by atoms with Gasteiger partial charge in [0.05, 0.1) is 0 Å².